The van der Waals surface area contributed by atoms with Gasteiger partial charge in [0.1, 0.15) is 5.60 Å². The van der Waals surface area contributed by atoms with Crippen molar-refractivity contribution in [2.45, 2.75) is 25.6 Å². The Morgan fingerprint density at radius 3 is 2.28 bits per heavy atom. The lowest BCUT2D eigenvalue weighted by Crippen LogP contribution is -2.42. The van der Waals surface area contributed by atoms with Crippen LogP contribution in [0.2, 0.25) is 0 Å². The second-order valence-corrected chi connectivity index (χ2v) is 7.13. The van der Waals surface area contributed by atoms with Crippen LogP contribution in [0.4, 0.5) is 13.2 Å². The van der Waals surface area contributed by atoms with Gasteiger partial charge in [0.05, 0.1) is 18.3 Å². The zero-order valence-corrected chi connectivity index (χ0v) is 20.4. The molecule has 4 N–H and O–H groups in total. The molecule has 0 radical (unpaired) electrons. The summed E-state index contributed by atoms with van der Waals surface area (Å²) in [5.41, 5.74) is -1.23. The molecule has 178 valence electrons. The minimum absolute atomic E-state index is 0. The predicted octanol–water partition coefficient (Wildman–Crippen LogP) is 2.25. The van der Waals surface area contributed by atoms with Crippen molar-refractivity contribution in [2.24, 2.45) is 12.0 Å². The van der Waals surface area contributed by atoms with E-state index in [1.54, 1.807) is 31.0 Å². The fraction of sp³-hybridized carbons (Fsp3) is 0.450. The van der Waals surface area contributed by atoms with Gasteiger partial charge in [-0.25, -0.2) is 4.99 Å². The van der Waals surface area contributed by atoms with Crippen molar-refractivity contribution in [1.82, 2.24) is 25.7 Å². The molecular weight excluding hydrogens is 540 g/mol. The number of aliphatic hydroxyl groups is 1. The van der Waals surface area contributed by atoms with E-state index in [0.717, 1.165) is 24.3 Å². The number of aryl methyl sites for hydroxylation is 1. The third-order valence-corrected chi connectivity index (χ3v) is 4.39. The Hall–Kier alpha value is -2.35. The molecule has 0 spiro atoms. The zero-order valence-electron chi connectivity index (χ0n) is 18.0. The Labute approximate surface area is 201 Å². The van der Waals surface area contributed by atoms with E-state index in [9.17, 15) is 23.1 Å². The number of nitrogens with one attached hydrogen (secondary N) is 3. The molecule has 1 atom stereocenters. The standard InChI is InChI=1S/C20H27F3N6O2.HI/c1-4-24-18(27-13-19(2,31)16-11-28-29(3)12-16)26-10-9-25-17(30)14-5-7-15(8-6-14)20(21,22)23;/h5-8,11-12,31H,4,9-10,13H2,1-3H3,(H,25,30)(H2,24,26,27);1H. The third kappa shape index (κ3) is 8.30. The number of hydrogen-bond acceptors (Lipinski definition) is 4. The lowest BCUT2D eigenvalue weighted by atomic mass is 10.0. The van der Waals surface area contributed by atoms with Crippen LogP contribution in [-0.2, 0) is 18.8 Å². The number of benzene rings is 1. The van der Waals surface area contributed by atoms with Crippen LogP contribution in [0.15, 0.2) is 41.7 Å². The molecule has 0 saturated heterocycles. The summed E-state index contributed by atoms with van der Waals surface area (Å²) in [6, 6.07) is 4.02. The monoisotopic (exact) mass is 568 g/mol. The maximum atomic E-state index is 12.6. The summed E-state index contributed by atoms with van der Waals surface area (Å²) in [5, 5.41) is 23.4. The van der Waals surface area contributed by atoms with E-state index < -0.39 is 23.2 Å². The molecule has 1 unspecified atom stereocenters. The van der Waals surface area contributed by atoms with Crippen molar-refractivity contribution in [3.63, 3.8) is 0 Å². The number of carbonyl (C=O) groups is 1. The summed E-state index contributed by atoms with van der Waals surface area (Å²) in [7, 11) is 1.76. The highest BCUT2D eigenvalue weighted by Crippen LogP contribution is 2.29. The van der Waals surface area contributed by atoms with Crippen molar-refractivity contribution in [1.29, 1.82) is 0 Å². The average Bonchev–Trinajstić information content (AvgIpc) is 3.16. The Morgan fingerprint density at radius 1 is 1.12 bits per heavy atom. The molecule has 12 heteroatoms. The van der Waals surface area contributed by atoms with Crippen LogP contribution in [0.1, 0.15) is 35.3 Å². The lowest BCUT2D eigenvalue weighted by molar-refractivity contribution is -0.137. The maximum absolute atomic E-state index is 12.6. The van der Waals surface area contributed by atoms with Crippen molar-refractivity contribution >= 4 is 35.8 Å². The van der Waals surface area contributed by atoms with Crippen molar-refractivity contribution in [2.75, 3.05) is 26.2 Å². The Kier molecular flexibility index (Phi) is 10.4. The molecular formula is C20H28F3IN6O2. The number of alkyl halides is 3. The number of halogens is 4. The van der Waals surface area contributed by atoms with Gasteiger partial charge in [-0.15, -0.1) is 24.0 Å². The van der Waals surface area contributed by atoms with Crippen LogP contribution in [0.25, 0.3) is 0 Å². The summed E-state index contributed by atoms with van der Waals surface area (Å²) in [6.45, 7) is 4.77. The summed E-state index contributed by atoms with van der Waals surface area (Å²) < 4.78 is 39.4. The van der Waals surface area contributed by atoms with Gasteiger partial charge in [0.15, 0.2) is 5.96 Å². The largest absolute Gasteiger partial charge is 0.416 e. The van der Waals surface area contributed by atoms with Crippen LogP contribution in [0, 0.1) is 0 Å². The third-order valence-electron chi connectivity index (χ3n) is 4.39. The van der Waals surface area contributed by atoms with Crippen molar-refractivity contribution < 1.29 is 23.1 Å². The molecule has 2 rings (SSSR count). The van der Waals surface area contributed by atoms with E-state index in [2.05, 4.69) is 26.0 Å². The number of nitrogens with zero attached hydrogens (tertiary/aromatic N) is 3. The topological polar surface area (TPSA) is 104 Å². The predicted molar refractivity (Wildman–Crippen MR) is 126 cm³/mol. The molecule has 2 aromatic rings. The fourth-order valence-electron chi connectivity index (χ4n) is 2.63. The summed E-state index contributed by atoms with van der Waals surface area (Å²) in [6.07, 6.45) is -1.15. The van der Waals surface area contributed by atoms with E-state index in [0.29, 0.717) is 24.6 Å². The van der Waals surface area contributed by atoms with Crippen LogP contribution >= 0.6 is 24.0 Å². The van der Waals surface area contributed by atoms with Crippen LogP contribution in [-0.4, -0.2) is 52.9 Å². The van der Waals surface area contributed by atoms with Gasteiger partial charge in [0, 0.05) is 44.0 Å². The highest BCUT2D eigenvalue weighted by atomic mass is 127. The molecule has 1 aromatic carbocycles. The Balaban J connectivity index is 0.00000512. The number of carbonyl (C=O) groups excluding carboxylic acids is 1. The van der Waals surface area contributed by atoms with Crippen molar-refractivity contribution in [3.8, 4) is 0 Å². The second-order valence-electron chi connectivity index (χ2n) is 7.13. The van der Waals surface area contributed by atoms with E-state index >= 15 is 0 Å². The number of guanidine groups is 1. The van der Waals surface area contributed by atoms with Gasteiger partial charge in [0.2, 0.25) is 0 Å². The number of aromatic nitrogens is 2. The van der Waals surface area contributed by atoms with E-state index in [4.69, 9.17) is 0 Å². The number of hydrogen-bond donors (Lipinski definition) is 4. The molecule has 1 amide bonds. The van der Waals surface area contributed by atoms with Gasteiger partial charge in [-0.1, -0.05) is 0 Å². The molecule has 0 aliphatic heterocycles. The smallest absolute Gasteiger partial charge is 0.383 e. The van der Waals surface area contributed by atoms with E-state index in [1.807, 2.05) is 6.92 Å². The summed E-state index contributed by atoms with van der Waals surface area (Å²) >= 11 is 0. The molecule has 32 heavy (non-hydrogen) atoms. The zero-order chi connectivity index (χ0) is 23.1. The van der Waals surface area contributed by atoms with Gasteiger partial charge < -0.3 is 21.1 Å². The van der Waals surface area contributed by atoms with Crippen molar-refractivity contribution in [3.05, 3.63) is 53.3 Å². The Morgan fingerprint density at radius 2 is 1.75 bits per heavy atom. The minimum atomic E-state index is -4.44. The number of rotatable bonds is 8. The molecule has 0 aliphatic carbocycles. The van der Waals surface area contributed by atoms with E-state index in [-0.39, 0.29) is 42.6 Å². The van der Waals surface area contributed by atoms with Gasteiger partial charge in [-0.2, -0.15) is 18.3 Å². The quantitative estimate of drug-likeness (QED) is 0.169. The SMILES string of the molecule is CCNC(=NCC(C)(O)c1cnn(C)c1)NCCNC(=O)c1ccc(C(F)(F)F)cc1.I. The first-order valence-electron chi connectivity index (χ1n) is 9.72. The minimum Gasteiger partial charge on any atom is -0.383 e. The average molecular weight is 568 g/mol. The van der Waals surface area contributed by atoms with Gasteiger partial charge in [-0.05, 0) is 38.1 Å². The molecule has 0 fully saturated rings. The van der Waals surface area contributed by atoms with Crippen LogP contribution < -0.4 is 16.0 Å². The highest BCUT2D eigenvalue weighted by Gasteiger charge is 2.30. The first-order valence-corrected chi connectivity index (χ1v) is 9.72. The van der Waals surface area contributed by atoms with Crippen LogP contribution in [0.3, 0.4) is 0 Å². The number of aliphatic imine (C=N–C) groups is 1. The van der Waals surface area contributed by atoms with Gasteiger partial charge in [0.25, 0.3) is 5.91 Å². The molecule has 8 nitrogen and oxygen atoms in total. The normalized spacial score (nSPS) is 13.7. The first-order chi connectivity index (χ1) is 14.5. The summed E-state index contributed by atoms with van der Waals surface area (Å²) in [5.74, 6) is -0.0209. The first kappa shape index (κ1) is 27.7. The van der Waals surface area contributed by atoms with E-state index in [1.165, 1.54) is 0 Å². The molecule has 1 aromatic heterocycles. The lowest BCUT2D eigenvalue weighted by Gasteiger charge is -2.20. The van der Waals surface area contributed by atoms with Gasteiger partial charge >= 0.3 is 6.18 Å². The summed E-state index contributed by atoms with van der Waals surface area (Å²) in [4.78, 5) is 16.5. The molecule has 0 aliphatic rings. The Bertz CT molecular complexity index is 897. The highest BCUT2D eigenvalue weighted by molar-refractivity contribution is 14.0. The maximum Gasteiger partial charge on any atom is 0.416 e. The van der Waals surface area contributed by atoms with Gasteiger partial charge in [-0.3, -0.25) is 9.48 Å². The van der Waals surface area contributed by atoms with Crippen LogP contribution in [0.5, 0.6) is 0 Å². The molecule has 0 saturated carbocycles. The molecule has 1 heterocycles. The molecule has 0 bridgehead atoms. The number of amides is 1. The second kappa shape index (κ2) is 12.0. The fourth-order valence-corrected chi connectivity index (χ4v) is 2.63.